The first-order chi connectivity index (χ1) is 20.3. The number of anilines is 1. The van der Waals surface area contributed by atoms with Gasteiger partial charge in [-0.15, -0.1) is 5.10 Å². The predicted molar refractivity (Wildman–Crippen MR) is 156 cm³/mol. The number of carbonyl (C=O) groups excluding carboxylic acids is 4. The van der Waals surface area contributed by atoms with Gasteiger partial charge in [0.1, 0.15) is 5.69 Å². The highest BCUT2D eigenvalue weighted by Crippen LogP contribution is 2.30. The van der Waals surface area contributed by atoms with E-state index in [1.807, 2.05) is 12.1 Å². The number of hydrogen-bond donors (Lipinski definition) is 0. The number of Topliss-reactive ketones (excluding diaryl/α,β-unsaturated/α-hetero) is 1. The number of amides is 3. The Morgan fingerprint density at radius 3 is 2.17 bits per heavy atom. The molecule has 12 heteroatoms. The van der Waals surface area contributed by atoms with Crippen molar-refractivity contribution in [3.63, 3.8) is 0 Å². The van der Waals surface area contributed by atoms with Crippen molar-refractivity contribution in [2.75, 3.05) is 31.1 Å². The van der Waals surface area contributed by atoms with Crippen LogP contribution in [0.15, 0.2) is 72.9 Å². The van der Waals surface area contributed by atoms with Gasteiger partial charge in [-0.05, 0) is 35.9 Å². The molecule has 42 heavy (non-hydrogen) atoms. The van der Waals surface area contributed by atoms with E-state index in [-0.39, 0.29) is 29.9 Å². The number of piperazine rings is 1. The molecular weight excluding hydrogens is 579 g/mol. The molecule has 0 N–H and O–H groups in total. The molecule has 0 saturated carbocycles. The first kappa shape index (κ1) is 27.6. The van der Waals surface area contributed by atoms with Gasteiger partial charge in [0.25, 0.3) is 23.5 Å². The second-order valence-corrected chi connectivity index (χ2v) is 10.8. The number of carbonyl (C=O) groups is 4. The van der Waals surface area contributed by atoms with Crippen LogP contribution in [0.4, 0.5) is 5.69 Å². The first-order valence-electron chi connectivity index (χ1n) is 13.3. The summed E-state index contributed by atoms with van der Waals surface area (Å²) < 4.78 is 1.60. The Balaban J connectivity index is 1.11. The van der Waals surface area contributed by atoms with Crippen LogP contribution in [0.5, 0.6) is 0 Å². The fraction of sp³-hybridized carbons (Fsp3) is 0.200. The lowest BCUT2D eigenvalue weighted by atomic mass is 10.1. The Bertz CT molecular complexity index is 1730. The molecule has 1 aromatic heterocycles. The largest absolute Gasteiger partial charge is 0.335 e. The molecule has 0 aliphatic carbocycles. The highest BCUT2D eigenvalue weighted by atomic mass is 35.5. The average molecular weight is 603 g/mol. The van der Waals surface area contributed by atoms with E-state index in [1.54, 1.807) is 75.3 Å². The first-order valence-corrected chi connectivity index (χ1v) is 14.0. The third-order valence-electron chi connectivity index (χ3n) is 7.40. The summed E-state index contributed by atoms with van der Waals surface area (Å²) in [6.07, 6.45) is 1.70. The van der Waals surface area contributed by atoms with Crippen molar-refractivity contribution in [2.45, 2.75) is 13.1 Å². The van der Waals surface area contributed by atoms with Crippen molar-refractivity contribution in [3.8, 4) is 0 Å². The fourth-order valence-corrected chi connectivity index (χ4v) is 5.60. The SMILES string of the molecule is O=C1C(=O)N(Cc2cn(Cc3ccccc3C(=O)N3CCN(C(=O)c4cccc(Cl)c4Cl)CC3)nn2)c2ccccc21. The Morgan fingerprint density at radius 1 is 0.762 bits per heavy atom. The maximum absolute atomic E-state index is 13.5. The minimum Gasteiger partial charge on any atom is -0.335 e. The lowest BCUT2D eigenvalue weighted by Gasteiger charge is -2.35. The lowest BCUT2D eigenvalue weighted by molar-refractivity contribution is -0.114. The molecule has 0 atom stereocenters. The van der Waals surface area contributed by atoms with Gasteiger partial charge in [0.15, 0.2) is 0 Å². The number of ketones is 1. The molecule has 0 bridgehead atoms. The van der Waals surface area contributed by atoms with Crippen LogP contribution in [-0.2, 0) is 17.9 Å². The molecule has 6 rings (SSSR count). The number of aromatic nitrogens is 3. The van der Waals surface area contributed by atoms with Crippen molar-refractivity contribution in [2.24, 2.45) is 0 Å². The number of benzene rings is 3. The second kappa shape index (κ2) is 11.4. The lowest BCUT2D eigenvalue weighted by Crippen LogP contribution is -2.50. The standard InChI is InChI=1S/C30H24Cl2N6O4/c31-24-10-5-9-23(26(24)32)29(41)36-14-12-35(13-15-36)28(40)21-7-2-1-6-19(21)16-37-17-20(33-34-37)18-38-25-11-4-3-8-22(25)27(39)30(38)42/h1-11,17H,12-16,18H2. The van der Waals surface area contributed by atoms with Crippen LogP contribution in [0.3, 0.4) is 0 Å². The van der Waals surface area contributed by atoms with Crippen LogP contribution < -0.4 is 4.90 Å². The van der Waals surface area contributed by atoms with Crippen molar-refractivity contribution in [1.29, 1.82) is 0 Å². The quantitative estimate of drug-likeness (QED) is 0.309. The van der Waals surface area contributed by atoms with Crippen LogP contribution in [0.1, 0.15) is 42.3 Å². The minimum atomic E-state index is -0.598. The summed E-state index contributed by atoms with van der Waals surface area (Å²) in [5.74, 6) is -1.50. The average Bonchev–Trinajstić information content (AvgIpc) is 3.56. The van der Waals surface area contributed by atoms with Crippen LogP contribution in [-0.4, -0.2) is 74.5 Å². The minimum absolute atomic E-state index is 0.103. The Labute approximate surface area is 251 Å². The molecule has 3 heterocycles. The van der Waals surface area contributed by atoms with E-state index in [1.165, 1.54) is 4.90 Å². The molecule has 212 valence electrons. The van der Waals surface area contributed by atoms with Crippen LogP contribution in [0.2, 0.25) is 10.0 Å². The van der Waals surface area contributed by atoms with Gasteiger partial charge in [0, 0.05) is 31.7 Å². The fourth-order valence-electron chi connectivity index (χ4n) is 5.22. The number of halogens is 2. The van der Waals surface area contributed by atoms with E-state index in [0.29, 0.717) is 59.3 Å². The van der Waals surface area contributed by atoms with Gasteiger partial charge in [0.05, 0.1) is 46.1 Å². The van der Waals surface area contributed by atoms with E-state index < -0.39 is 11.7 Å². The van der Waals surface area contributed by atoms with E-state index in [0.717, 1.165) is 5.56 Å². The molecular formula is C30H24Cl2N6O4. The van der Waals surface area contributed by atoms with E-state index in [4.69, 9.17) is 23.2 Å². The normalized spacial score (nSPS) is 14.9. The summed E-state index contributed by atoms with van der Waals surface area (Å²) in [5.41, 5.74) is 3.06. The molecule has 3 aromatic carbocycles. The molecule has 2 aliphatic rings. The molecule has 2 aliphatic heterocycles. The summed E-state index contributed by atoms with van der Waals surface area (Å²) in [4.78, 5) is 56.2. The zero-order valence-electron chi connectivity index (χ0n) is 22.2. The smallest absolute Gasteiger partial charge is 0.299 e. The van der Waals surface area contributed by atoms with Crippen molar-refractivity contribution < 1.29 is 19.2 Å². The summed E-state index contributed by atoms with van der Waals surface area (Å²) in [5, 5.41) is 8.92. The number of rotatable bonds is 6. The van der Waals surface area contributed by atoms with Gasteiger partial charge in [-0.1, -0.05) is 64.8 Å². The number of para-hydroxylation sites is 1. The maximum Gasteiger partial charge on any atom is 0.299 e. The van der Waals surface area contributed by atoms with Crippen molar-refractivity contribution >= 4 is 52.4 Å². The van der Waals surface area contributed by atoms with Gasteiger partial charge in [-0.3, -0.25) is 24.1 Å². The Kier molecular flexibility index (Phi) is 7.49. The molecule has 4 aromatic rings. The zero-order valence-corrected chi connectivity index (χ0v) is 23.8. The van der Waals surface area contributed by atoms with Crippen LogP contribution in [0, 0.1) is 0 Å². The monoisotopic (exact) mass is 602 g/mol. The molecule has 0 spiro atoms. The summed E-state index contributed by atoms with van der Waals surface area (Å²) in [6.45, 7) is 1.85. The van der Waals surface area contributed by atoms with Crippen LogP contribution in [0.25, 0.3) is 0 Å². The molecule has 1 saturated heterocycles. The van der Waals surface area contributed by atoms with Gasteiger partial charge in [0.2, 0.25) is 0 Å². The third kappa shape index (κ3) is 5.15. The van der Waals surface area contributed by atoms with Crippen LogP contribution >= 0.6 is 23.2 Å². The highest BCUT2D eigenvalue weighted by Gasteiger charge is 2.36. The number of hydrogen-bond acceptors (Lipinski definition) is 6. The number of nitrogens with zero attached hydrogens (tertiary/aromatic N) is 6. The molecule has 0 radical (unpaired) electrons. The van der Waals surface area contributed by atoms with Gasteiger partial charge in [-0.2, -0.15) is 0 Å². The summed E-state index contributed by atoms with van der Waals surface area (Å²) in [6, 6.07) is 19.1. The Morgan fingerprint density at radius 2 is 1.40 bits per heavy atom. The zero-order chi connectivity index (χ0) is 29.4. The summed E-state index contributed by atoms with van der Waals surface area (Å²) in [7, 11) is 0. The van der Waals surface area contributed by atoms with Gasteiger partial charge >= 0.3 is 0 Å². The number of fused-ring (bicyclic) bond motifs is 1. The van der Waals surface area contributed by atoms with E-state index >= 15 is 0 Å². The van der Waals surface area contributed by atoms with Gasteiger partial charge < -0.3 is 9.80 Å². The van der Waals surface area contributed by atoms with Crippen molar-refractivity contribution in [1.82, 2.24) is 24.8 Å². The molecule has 0 unspecified atom stereocenters. The molecule has 3 amide bonds. The van der Waals surface area contributed by atoms with Crippen molar-refractivity contribution in [3.05, 3.63) is 111 Å². The highest BCUT2D eigenvalue weighted by molar-refractivity contribution is 6.52. The molecule has 1 fully saturated rings. The van der Waals surface area contributed by atoms with Gasteiger partial charge in [-0.25, -0.2) is 4.68 Å². The maximum atomic E-state index is 13.5. The predicted octanol–water partition coefficient (Wildman–Crippen LogP) is 3.96. The molecule has 10 nitrogen and oxygen atoms in total. The van der Waals surface area contributed by atoms with E-state index in [9.17, 15) is 19.2 Å². The third-order valence-corrected chi connectivity index (χ3v) is 8.22. The summed E-state index contributed by atoms with van der Waals surface area (Å²) >= 11 is 12.3. The van der Waals surface area contributed by atoms with E-state index in [2.05, 4.69) is 10.3 Å². The second-order valence-electron chi connectivity index (χ2n) is 9.99. The Hall–Kier alpha value is -4.54. The topological polar surface area (TPSA) is 109 Å².